The zero-order chi connectivity index (χ0) is 27.7. The van der Waals surface area contributed by atoms with E-state index in [9.17, 15) is 18.0 Å². The van der Waals surface area contributed by atoms with E-state index in [0.29, 0.717) is 5.56 Å². The number of imide groups is 1. The fraction of sp³-hybridized carbons (Fsp3) is 0.250. The Labute approximate surface area is 223 Å². The van der Waals surface area contributed by atoms with Crippen molar-refractivity contribution in [1.82, 2.24) is 15.4 Å². The summed E-state index contributed by atoms with van der Waals surface area (Å²) in [6.07, 6.45) is 0.188. The Balaban J connectivity index is 1.69. The summed E-state index contributed by atoms with van der Waals surface area (Å²) in [5, 5.41) is 13.0. The van der Waals surface area contributed by atoms with Gasteiger partial charge >= 0.3 is 0 Å². The fourth-order valence-electron chi connectivity index (χ4n) is 3.93. The summed E-state index contributed by atoms with van der Waals surface area (Å²) in [5.74, 6) is -1.52. The van der Waals surface area contributed by atoms with Gasteiger partial charge in [0.2, 0.25) is 21.8 Å². The van der Waals surface area contributed by atoms with E-state index in [2.05, 4.69) is 15.4 Å². The van der Waals surface area contributed by atoms with Gasteiger partial charge in [-0.2, -0.15) is 4.72 Å². The van der Waals surface area contributed by atoms with Gasteiger partial charge in [0.1, 0.15) is 11.9 Å². The highest BCUT2D eigenvalue weighted by molar-refractivity contribution is 7.89. The van der Waals surface area contributed by atoms with E-state index in [1.54, 1.807) is 0 Å². The molecule has 0 aromatic heterocycles. The van der Waals surface area contributed by atoms with E-state index >= 15 is 0 Å². The lowest BCUT2D eigenvalue weighted by Crippen LogP contribution is -2.50. The van der Waals surface area contributed by atoms with E-state index in [4.69, 9.17) is 11.1 Å². The van der Waals surface area contributed by atoms with Crippen LogP contribution in [-0.4, -0.2) is 38.7 Å². The van der Waals surface area contributed by atoms with Gasteiger partial charge in [0.05, 0.1) is 17.5 Å². The SMILES string of the molecule is CC(C)CC(NS(=O)(=O)c1ccc(C(=N)N)cc1)C(=O)NC(=O)CNC(c1ccccc1)c1ccccc1. The van der Waals surface area contributed by atoms with Crippen LogP contribution in [0.5, 0.6) is 0 Å². The second-order valence-electron chi connectivity index (χ2n) is 9.29. The summed E-state index contributed by atoms with van der Waals surface area (Å²) in [4.78, 5) is 25.7. The van der Waals surface area contributed by atoms with Crippen molar-refractivity contribution in [1.29, 1.82) is 5.41 Å². The predicted octanol–water partition coefficient (Wildman–Crippen LogP) is 2.69. The van der Waals surface area contributed by atoms with Gasteiger partial charge in [0.15, 0.2) is 0 Å². The summed E-state index contributed by atoms with van der Waals surface area (Å²) in [7, 11) is -4.08. The maximum Gasteiger partial charge on any atom is 0.244 e. The van der Waals surface area contributed by atoms with E-state index in [-0.39, 0.29) is 35.7 Å². The quantitative estimate of drug-likeness (QED) is 0.177. The minimum atomic E-state index is -4.08. The molecule has 38 heavy (non-hydrogen) atoms. The second-order valence-corrected chi connectivity index (χ2v) is 11.0. The Morgan fingerprint density at radius 1 is 0.868 bits per heavy atom. The van der Waals surface area contributed by atoms with Crippen molar-refractivity contribution < 1.29 is 18.0 Å². The van der Waals surface area contributed by atoms with E-state index < -0.39 is 27.9 Å². The molecule has 0 saturated carbocycles. The maximum absolute atomic E-state index is 13.0. The highest BCUT2D eigenvalue weighted by atomic mass is 32.2. The van der Waals surface area contributed by atoms with Crippen LogP contribution >= 0.6 is 0 Å². The average molecular weight is 536 g/mol. The zero-order valence-corrected chi connectivity index (χ0v) is 22.2. The molecule has 0 radical (unpaired) electrons. The summed E-state index contributed by atoms with van der Waals surface area (Å²) < 4.78 is 28.3. The molecule has 0 heterocycles. The summed E-state index contributed by atoms with van der Waals surface area (Å²) in [6, 6.07) is 23.3. The first-order chi connectivity index (χ1) is 18.1. The monoisotopic (exact) mass is 535 g/mol. The molecule has 200 valence electrons. The molecule has 1 atom stereocenters. The van der Waals surface area contributed by atoms with Gasteiger partial charge in [-0.05, 0) is 47.7 Å². The van der Waals surface area contributed by atoms with Crippen molar-refractivity contribution in [3.63, 3.8) is 0 Å². The van der Waals surface area contributed by atoms with E-state index in [0.717, 1.165) is 11.1 Å². The molecule has 0 bridgehead atoms. The number of nitrogen functional groups attached to an aromatic ring is 1. The Morgan fingerprint density at radius 3 is 1.87 bits per heavy atom. The number of rotatable bonds is 12. The Morgan fingerprint density at radius 2 is 1.39 bits per heavy atom. The van der Waals surface area contributed by atoms with Gasteiger partial charge in [0, 0.05) is 5.56 Å². The van der Waals surface area contributed by atoms with Crippen LogP contribution in [0, 0.1) is 11.3 Å². The first kappa shape index (κ1) is 28.7. The van der Waals surface area contributed by atoms with Crippen LogP contribution in [-0.2, 0) is 19.6 Å². The van der Waals surface area contributed by atoms with Crippen LogP contribution in [0.15, 0.2) is 89.8 Å². The van der Waals surface area contributed by atoms with Crippen LogP contribution in [0.2, 0.25) is 0 Å². The molecule has 0 spiro atoms. The Bertz CT molecular complexity index is 1310. The Kier molecular flexibility index (Phi) is 9.89. The van der Waals surface area contributed by atoms with Crippen molar-refractivity contribution in [2.45, 2.75) is 37.2 Å². The van der Waals surface area contributed by atoms with E-state index in [1.807, 2.05) is 74.5 Å². The van der Waals surface area contributed by atoms with Crippen LogP contribution in [0.25, 0.3) is 0 Å². The number of nitrogens with two attached hydrogens (primary N) is 1. The molecule has 1 unspecified atom stereocenters. The standard InChI is InChI=1S/C28H33N5O4S/c1-19(2)17-24(33-38(36,37)23-15-13-22(14-16-23)27(29)30)28(35)32-25(34)18-31-26(20-9-5-3-6-10-20)21-11-7-4-8-12-21/h3-16,19,24,26,31,33H,17-18H2,1-2H3,(H3,29,30)(H,32,34,35). The van der Waals surface area contributed by atoms with Crippen LogP contribution in [0.4, 0.5) is 0 Å². The molecular weight excluding hydrogens is 502 g/mol. The summed E-state index contributed by atoms with van der Waals surface area (Å²) in [5.41, 5.74) is 7.72. The number of nitrogens with one attached hydrogen (secondary N) is 4. The second kappa shape index (κ2) is 13.1. The largest absolute Gasteiger partial charge is 0.384 e. The molecule has 6 N–H and O–H groups in total. The van der Waals surface area contributed by atoms with Crippen LogP contribution in [0.3, 0.4) is 0 Å². The molecule has 3 rings (SSSR count). The minimum absolute atomic E-state index is 0.0256. The third-order valence-electron chi connectivity index (χ3n) is 5.79. The number of carbonyl (C=O) groups excluding carboxylic acids is 2. The number of benzene rings is 3. The number of sulfonamides is 1. The van der Waals surface area contributed by atoms with Crippen molar-refractivity contribution >= 4 is 27.7 Å². The van der Waals surface area contributed by atoms with Gasteiger partial charge in [0.25, 0.3) is 0 Å². The number of carbonyl (C=O) groups is 2. The normalized spacial score (nSPS) is 12.3. The van der Waals surface area contributed by atoms with Gasteiger partial charge in [-0.3, -0.25) is 25.6 Å². The van der Waals surface area contributed by atoms with Crippen molar-refractivity contribution in [2.24, 2.45) is 11.7 Å². The first-order valence-electron chi connectivity index (χ1n) is 12.2. The molecule has 3 aromatic rings. The van der Waals surface area contributed by atoms with Crippen molar-refractivity contribution in [2.75, 3.05) is 6.54 Å². The minimum Gasteiger partial charge on any atom is -0.384 e. The van der Waals surface area contributed by atoms with Crippen molar-refractivity contribution in [3.05, 3.63) is 102 Å². The van der Waals surface area contributed by atoms with Gasteiger partial charge in [-0.25, -0.2) is 8.42 Å². The molecule has 10 heteroatoms. The van der Waals surface area contributed by atoms with E-state index in [1.165, 1.54) is 24.3 Å². The molecule has 0 aliphatic heterocycles. The zero-order valence-electron chi connectivity index (χ0n) is 21.3. The predicted molar refractivity (Wildman–Crippen MR) is 147 cm³/mol. The number of amidine groups is 1. The summed E-state index contributed by atoms with van der Waals surface area (Å²) >= 11 is 0. The molecule has 0 fully saturated rings. The lowest BCUT2D eigenvalue weighted by molar-refractivity contribution is -0.131. The highest BCUT2D eigenvalue weighted by Gasteiger charge is 2.28. The van der Waals surface area contributed by atoms with Crippen LogP contribution < -0.4 is 21.1 Å². The molecule has 0 saturated heterocycles. The van der Waals surface area contributed by atoms with Gasteiger partial charge in [-0.1, -0.05) is 74.5 Å². The van der Waals surface area contributed by atoms with Crippen LogP contribution in [0.1, 0.15) is 43.0 Å². The third kappa shape index (κ3) is 8.07. The summed E-state index contributed by atoms with van der Waals surface area (Å²) in [6.45, 7) is 3.54. The lowest BCUT2D eigenvalue weighted by Gasteiger charge is -2.21. The number of hydrogen-bond donors (Lipinski definition) is 5. The number of amides is 2. The smallest absolute Gasteiger partial charge is 0.244 e. The van der Waals surface area contributed by atoms with Gasteiger partial charge in [-0.15, -0.1) is 0 Å². The number of hydrogen-bond acceptors (Lipinski definition) is 6. The molecule has 0 aliphatic carbocycles. The third-order valence-corrected chi connectivity index (χ3v) is 7.28. The average Bonchev–Trinajstić information content (AvgIpc) is 2.89. The first-order valence-corrected chi connectivity index (χ1v) is 13.7. The maximum atomic E-state index is 13.0. The van der Waals surface area contributed by atoms with Gasteiger partial charge < -0.3 is 5.73 Å². The fourth-order valence-corrected chi connectivity index (χ4v) is 5.14. The molecule has 9 nitrogen and oxygen atoms in total. The molecule has 2 amide bonds. The lowest BCUT2D eigenvalue weighted by atomic mass is 9.99. The van der Waals surface area contributed by atoms with Crippen molar-refractivity contribution in [3.8, 4) is 0 Å². The highest BCUT2D eigenvalue weighted by Crippen LogP contribution is 2.21. The molecular formula is C28H33N5O4S. The molecule has 3 aromatic carbocycles. The Hall–Kier alpha value is -3.86. The topological polar surface area (TPSA) is 154 Å². The molecule has 0 aliphatic rings.